The van der Waals surface area contributed by atoms with E-state index in [9.17, 15) is 4.79 Å². The smallest absolute Gasteiger partial charge is 0.253 e. The Hall–Kier alpha value is -3.20. The molecule has 186 valence electrons. The third-order valence-corrected chi connectivity index (χ3v) is 7.88. The van der Waals surface area contributed by atoms with Crippen molar-refractivity contribution in [3.8, 4) is 0 Å². The summed E-state index contributed by atoms with van der Waals surface area (Å²) < 4.78 is 5.14. The minimum absolute atomic E-state index is 0.0487. The number of likely N-dealkylation sites (N-methyl/N-ethyl adjacent to an activating group) is 1. The van der Waals surface area contributed by atoms with Crippen molar-refractivity contribution < 1.29 is 9.53 Å². The summed E-state index contributed by atoms with van der Waals surface area (Å²) in [5.41, 5.74) is 11.9. The van der Waals surface area contributed by atoms with E-state index in [0.29, 0.717) is 19.1 Å². The van der Waals surface area contributed by atoms with Crippen LogP contribution in [-0.2, 0) is 23.0 Å². The first kappa shape index (κ1) is 24.5. The summed E-state index contributed by atoms with van der Waals surface area (Å²) in [6.07, 6.45) is 12.8. The lowest BCUT2D eigenvalue weighted by Gasteiger charge is -2.32. The summed E-state index contributed by atoms with van der Waals surface area (Å²) in [4.78, 5) is 19.7. The van der Waals surface area contributed by atoms with E-state index < -0.39 is 0 Å². The SMILES string of the molecule is CCCc1cccc(C2=CC=C=C(C3Cc4cc(C(=O)N(C)CCOC)ccc4C4(CC4)C3)N=C2)c1. The second-order valence-electron chi connectivity index (χ2n) is 10.5. The molecule has 1 heterocycles. The number of allylic oxidation sites excluding steroid dienone is 3. The molecule has 2 aromatic rings. The van der Waals surface area contributed by atoms with Gasteiger partial charge in [-0.15, -0.1) is 0 Å². The van der Waals surface area contributed by atoms with E-state index in [0.717, 1.165) is 42.5 Å². The van der Waals surface area contributed by atoms with Gasteiger partial charge >= 0.3 is 0 Å². The Morgan fingerprint density at radius 2 is 2.08 bits per heavy atom. The summed E-state index contributed by atoms with van der Waals surface area (Å²) in [6, 6.07) is 15.1. The molecule has 1 amide bonds. The van der Waals surface area contributed by atoms with Gasteiger partial charge in [-0.3, -0.25) is 9.79 Å². The Bertz CT molecular complexity index is 1270. The molecule has 0 radical (unpaired) electrons. The molecule has 1 fully saturated rings. The fourth-order valence-corrected chi connectivity index (χ4v) is 5.73. The van der Waals surface area contributed by atoms with Crippen molar-refractivity contribution in [2.24, 2.45) is 10.9 Å². The van der Waals surface area contributed by atoms with Gasteiger partial charge in [-0.05, 0) is 84.1 Å². The number of ether oxygens (including phenoxy) is 1. The van der Waals surface area contributed by atoms with Gasteiger partial charge in [0.15, 0.2) is 0 Å². The Balaban J connectivity index is 1.36. The number of carbonyl (C=O) groups excluding carboxylic acids is 1. The monoisotopic (exact) mass is 480 g/mol. The first-order valence-corrected chi connectivity index (χ1v) is 13.2. The number of benzene rings is 2. The van der Waals surface area contributed by atoms with Crippen LogP contribution in [0.25, 0.3) is 5.57 Å². The molecule has 1 aliphatic heterocycles. The summed E-state index contributed by atoms with van der Waals surface area (Å²) in [7, 11) is 3.50. The topological polar surface area (TPSA) is 41.9 Å². The normalized spacial score (nSPS) is 19.4. The highest BCUT2D eigenvalue weighted by atomic mass is 16.5. The molecule has 0 aromatic heterocycles. The van der Waals surface area contributed by atoms with Crippen LogP contribution in [-0.4, -0.2) is 44.3 Å². The van der Waals surface area contributed by atoms with E-state index in [1.165, 1.54) is 35.1 Å². The fraction of sp³-hybridized carbons (Fsp3) is 0.406. The highest BCUT2D eigenvalue weighted by Gasteiger charge is 2.50. The number of rotatable bonds is 8. The zero-order valence-corrected chi connectivity index (χ0v) is 21.7. The van der Waals surface area contributed by atoms with Crippen LogP contribution in [0, 0.1) is 5.92 Å². The Morgan fingerprint density at radius 1 is 1.22 bits per heavy atom. The van der Waals surface area contributed by atoms with Gasteiger partial charge in [0.1, 0.15) is 0 Å². The molecular formula is C32H36N2O2. The highest BCUT2D eigenvalue weighted by molar-refractivity contribution is 6.10. The number of amides is 1. The van der Waals surface area contributed by atoms with Crippen molar-refractivity contribution in [1.82, 2.24) is 4.90 Å². The molecule has 4 heteroatoms. The summed E-state index contributed by atoms with van der Waals surface area (Å²) in [6.45, 7) is 3.34. The second kappa shape index (κ2) is 10.4. The number of aliphatic imine (C=N–C) groups is 1. The number of hydrogen-bond acceptors (Lipinski definition) is 3. The van der Waals surface area contributed by atoms with Gasteiger partial charge in [0, 0.05) is 44.0 Å². The highest BCUT2D eigenvalue weighted by Crippen LogP contribution is 2.57. The molecule has 0 N–H and O–H groups in total. The van der Waals surface area contributed by atoms with Gasteiger partial charge in [0.2, 0.25) is 0 Å². The van der Waals surface area contributed by atoms with Crippen LogP contribution in [0.5, 0.6) is 0 Å². The molecule has 1 saturated carbocycles. The van der Waals surface area contributed by atoms with Gasteiger partial charge in [-0.2, -0.15) is 0 Å². The third kappa shape index (κ3) is 5.02. The fourth-order valence-electron chi connectivity index (χ4n) is 5.73. The number of hydrogen-bond donors (Lipinski definition) is 0. The third-order valence-electron chi connectivity index (χ3n) is 7.88. The van der Waals surface area contributed by atoms with Gasteiger partial charge in [0.05, 0.1) is 12.3 Å². The van der Waals surface area contributed by atoms with Crippen LogP contribution in [0.2, 0.25) is 0 Å². The molecule has 4 nitrogen and oxygen atoms in total. The largest absolute Gasteiger partial charge is 0.383 e. The molecule has 0 saturated heterocycles. The van der Waals surface area contributed by atoms with Crippen LogP contribution >= 0.6 is 0 Å². The van der Waals surface area contributed by atoms with E-state index in [1.54, 1.807) is 12.0 Å². The summed E-state index contributed by atoms with van der Waals surface area (Å²) >= 11 is 0. The number of aryl methyl sites for hydroxylation is 1. The standard InChI is InChI=1S/C32H36N2O2/c1-4-7-23-8-5-9-24(18-23)26-10-6-11-30(33-22-26)28-20-27-19-25(31(35)34(2)16-17-36-3)12-13-29(27)32(21-28)14-15-32/h5-6,8-10,12-13,18-19,22,28H,4,7,14-17,20-21H2,1-3H3. The minimum atomic E-state index is 0.0487. The molecule has 2 aliphatic carbocycles. The zero-order chi connectivity index (χ0) is 25.1. The van der Waals surface area contributed by atoms with Crippen LogP contribution in [0.4, 0.5) is 0 Å². The first-order chi connectivity index (χ1) is 17.5. The molecule has 1 spiro atoms. The van der Waals surface area contributed by atoms with Crippen molar-refractivity contribution in [3.63, 3.8) is 0 Å². The van der Waals surface area contributed by atoms with Crippen LogP contribution < -0.4 is 0 Å². The Kier molecular flexibility index (Phi) is 7.09. The van der Waals surface area contributed by atoms with Crippen molar-refractivity contribution in [3.05, 3.63) is 93.9 Å². The molecule has 3 aliphatic rings. The quantitative estimate of drug-likeness (QED) is 0.425. The van der Waals surface area contributed by atoms with E-state index >= 15 is 0 Å². The summed E-state index contributed by atoms with van der Waals surface area (Å²) in [5, 5.41) is 0. The Labute approximate surface area is 215 Å². The van der Waals surface area contributed by atoms with E-state index in [1.807, 2.05) is 25.4 Å². The molecular weight excluding hydrogens is 444 g/mol. The predicted molar refractivity (Wildman–Crippen MR) is 147 cm³/mol. The number of methoxy groups -OCH3 is 1. The van der Waals surface area contributed by atoms with Gasteiger partial charge in [0.25, 0.3) is 5.91 Å². The van der Waals surface area contributed by atoms with E-state index in [4.69, 9.17) is 9.73 Å². The van der Waals surface area contributed by atoms with Crippen LogP contribution in [0.15, 0.2) is 71.0 Å². The lowest BCUT2D eigenvalue weighted by Crippen LogP contribution is -2.31. The van der Waals surface area contributed by atoms with Crippen molar-refractivity contribution >= 4 is 17.7 Å². The molecule has 1 atom stereocenters. The average Bonchev–Trinajstić information content (AvgIpc) is 3.70. The second-order valence-corrected chi connectivity index (χ2v) is 10.5. The van der Waals surface area contributed by atoms with Crippen molar-refractivity contribution in [2.75, 3.05) is 27.3 Å². The number of carbonyl (C=O) groups is 1. The Morgan fingerprint density at radius 3 is 2.86 bits per heavy atom. The molecule has 0 bridgehead atoms. The molecule has 36 heavy (non-hydrogen) atoms. The zero-order valence-electron chi connectivity index (χ0n) is 21.7. The predicted octanol–water partition coefficient (Wildman–Crippen LogP) is 6.16. The van der Waals surface area contributed by atoms with Crippen LogP contribution in [0.3, 0.4) is 0 Å². The van der Waals surface area contributed by atoms with Crippen LogP contribution in [0.1, 0.15) is 65.2 Å². The first-order valence-electron chi connectivity index (χ1n) is 13.2. The summed E-state index contributed by atoms with van der Waals surface area (Å²) in [5.74, 6) is 0.357. The van der Waals surface area contributed by atoms with E-state index in [-0.39, 0.29) is 11.3 Å². The lowest BCUT2D eigenvalue weighted by molar-refractivity contribution is 0.0744. The lowest BCUT2D eigenvalue weighted by atomic mass is 9.73. The molecule has 1 unspecified atom stereocenters. The number of fused-ring (bicyclic) bond motifs is 2. The maximum Gasteiger partial charge on any atom is 0.253 e. The average molecular weight is 481 g/mol. The molecule has 2 aromatic carbocycles. The van der Waals surface area contributed by atoms with E-state index in [2.05, 4.69) is 55.1 Å². The number of nitrogens with zero attached hydrogens (tertiary/aromatic N) is 2. The van der Waals surface area contributed by atoms with Crippen molar-refractivity contribution in [2.45, 2.75) is 50.9 Å². The van der Waals surface area contributed by atoms with Gasteiger partial charge in [-0.25, -0.2) is 0 Å². The van der Waals surface area contributed by atoms with Gasteiger partial charge in [-0.1, -0.05) is 49.4 Å². The molecule has 5 rings (SSSR count). The maximum atomic E-state index is 13.0. The van der Waals surface area contributed by atoms with Gasteiger partial charge < -0.3 is 9.64 Å². The van der Waals surface area contributed by atoms with Crippen molar-refractivity contribution in [1.29, 1.82) is 0 Å². The maximum absolute atomic E-state index is 13.0. The minimum Gasteiger partial charge on any atom is -0.383 e.